The fourth-order valence-corrected chi connectivity index (χ4v) is 4.18. The van der Waals surface area contributed by atoms with E-state index in [1.807, 2.05) is 12.1 Å². The van der Waals surface area contributed by atoms with Crippen molar-refractivity contribution in [2.24, 2.45) is 0 Å². The van der Waals surface area contributed by atoms with Gasteiger partial charge in [0.1, 0.15) is 9.84 Å². The van der Waals surface area contributed by atoms with Gasteiger partial charge in [0.25, 0.3) is 0 Å². The van der Waals surface area contributed by atoms with E-state index < -0.39 is 9.84 Å². The van der Waals surface area contributed by atoms with Gasteiger partial charge in [-0.3, -0.25) is 0 Å². The lowest BCUT2D eigenvalue weighted by molar-refractivity contribution is 0.199. The van der Waals surface area contributed by atoms with E-state index in [4.69, 9.17) is 4.74 Å². The maximum Gasteiger partial charge on any atom is 0.148 e. The topological polar surface area (TPSA) is 55.4 Å². The summed E-state index contributed by atoms with van der Waals surface area (Å²) in [5.74, 6) is 0.774. The summed E-state index contributed by atoms with van der Waals surface area (Å²) in [6.45, 7) is 2.20. The van der Waals surface area contributed by atoms with Crippen LogP contribution in [-0.2, 0) is 21.1 Å². The second-order valence-electron chi connectivity index (χ2n) is 4.40. The van der Waals surface area contributed by atoms with Crippen LogP contribution < -0.4 is 5.32 Å². The Bertz CT molecular complexity index is 520. The molecule has 114 valence electrons. The largest absolute Gasteiger partial charge is 0.383 e. The number of benzene rings is 1. The van der Waals surface area contributed by atoms with Crippen molar-refractivity contribution in [1.82, 2.24) is 5.32 Å². The van der Waals surface area contributed by atoms with Gasteiger partial charge in [0.15, 0.2) is 0 Å². The van der Waals surface area contributed by atoms with Gasteiger partial charge in [-0.05, 0) is 23.8 Å². The van der Waals surface area contributed by atoms with E-state index in [0.29, 0.717) is 12.4 Å². The quantitative estimate of drug-likeness (QED) is 0.525. The third-order valence-corrected chi connectivity index (χ3v) is 5.35. The maximum absolute atomic E-state index is 11.2. The van der Waals surface area contributed by atoms with Gasteiger partial charge >= 0.3 is 0 Å². The van der Waals surface area contributed by atoms with Gasteiger partial charge in [0, 0.05) is 41.6 Å². The summed E-state index contributed by atoms with van der Waals surface area (Å²) in [6, 6.07) is 6.05. The monoisotopic (exact) mass is 381 g/mol. The molecule has 4 nitrogen and oxygen atoms in total. The van der Waals surface area contributed by atoms with Crippen LogP contribution in [0.1, 0.15) is 5.56 Å². The Kier molecular flexibility index (Phi) is 8.13. The molecule has 0 spiro atoms. The van der Waals surface area contributed by atoms with Crippen LogP contribution in [0.4, 0.5) is 0 Å². The molecule has 7 heteroatoms. The Labute approximate surface area is 133 Å². The third kappa shape index (κ3) is 7.64. The Morgan fingerprint density at radius 1 is 1.40 bits per heavy atom. The molecule has 0 aromatic heterocycles. The number of sulfone groups is 1. The molecule has 0 amide bonds. The molecular weight excluding hydrogens is 362 g/mol. The molecule has 0 atom stereocenters. The second kappa shape index (κ2) is 9.04. The summed E-state index contributed by atoms with van der Waals surface area (Å²) < 4.78 is 28.3. The van der Waals surface area contributed by atoms with Crippen molar-refractivity contribution < 1.29 is 13.2 Å². The van der Waals surface area contributed by atoms with Gasteiger partial charge in [-0.15, -0.1) is 11.8 Å². The Balaban J connectivity index is 2.60. The third-order valence-electron chi connectivity index (χ3n) is 2.53. The van der Waals surface area contributed by atoms with Gasteiger partial charge in [-0.2, -0.15) is 0 Å². The van der Waals surface area contributed by atoms with Crippen LogP contribution in [0, 0.1) is 0 Å². The van der Waals surface area contributed by atoms with E-state index in [1.165, 1.54) is 6.26 Å². The molecule has 0 aliphatic carbocycles. The average molecular weight is 382 g/mol. The van der Waals surface area contributed by atoms with E-state index in [9.17, 15) is 8.42 Å². The zero-order chi connectivity index (χ0) is 15.0. The molecule has 0 saturated carbocycles. The number of hydrogen-bond donors (Lipinski definition) is 1. The number of hydrogen-bond acceptors (Lipinski definition) is 5. The van der Waals surface area contributed by atoms with Crippen molar-refractivity contribution in [2.75, 3.05) is 38.0 Å². The smallest absolute Gasteiger partial charge is 0.148 e. The van der Waals surface area contributed by atoms with Crippen molar-refractivity contribution >= 4 is 37.5 Å². The summed E-state index contributed by atoms with van der Waals surface area (Å²) in [6.07, 6.45) is 1.27. The van der Waals surface area contributed by atoms with Gasteiger partial charge in [-0.25, -0.2) is 8.42 Å². The highest BCUT2D eigenvalue weighted by Crippen LogP contribution is 2.26. The minimum Gasteiger partial charge on any atom is -0.383 e. The van der Waals surface area contributed by atoms with Gasteiger partial charge in [0.2, 0.25) is 0 Å². The number of ether oxygens (including phenoxy) is 1. The molecule has 1 rings (SSSR count). The van der Waals surface area contributed by atoms with E-state index in [-0.39, 0.29) is 5.75 Å². The van der Waals surface area contributed by atoms with Crippen LogP contribution in [0.3, 0.4) is 0 Å². The van der Waals surface area contributed by atoms with E-state index in [0.717, 1.165) is 28.0 Å². The van der Waals surface area contributed by atoms with Gasteiger partial charge in [-0.1, -0.05) is 15.9 Å². The zero-order valence-corrected chi connectivity index (χ0v) is 14.9. The Hall–Kier alpha value is -0.0800. The van der Waals surface area contributed by atoms with Crippen molar-refractivity contribution in [3.05, 3.63) is 28.2 Å². The zero-order valence-electron chi connectivity index (χ0n) is 11.7. The number of nitrogens with one attached hydrogen (secondary N) is 1. The summed E-state index contributed by atoms with van der Waals surface area (Å²) in [5, 5.41) is 3.30. The summed E-state index contributed by atoms with van der Waals surface area (Å²) in [4.78, 5) is 1.11. The van der Waals surface area contributed by atoms with Gasteiger partial charge < -0.3 is 10.1 Å². The Morgan fingerprint density at radius 3 is 2.80 bits per heavy atom. The lowest BCUT2D eigenvalue weighted by Gasteiger charge is -2.11. The van der Waals surface area contributed by atoms with Crippen LogP contribution in [-0.4, -0.2) is 46.4 Å². The van der Waals surface area contributed by atoms with Crippen molar-refractivity contribution in [2.45, 2.75) is 11.4 Å². The first-order valence-electron chi connectivity index (χ1n) is 6.21. The van der Waals surface area contributed by atoms with Crippen LogP contribution >= 0.6 is 27.7 Å². The molecular formula is C13H20BrNO3S2. The molecule has 0 bridgehead atoms. The number of rotatable bonds is 9. The molecule has 0 heterocycles. The lowest BCUT2D eigenvalue weighted by Crippen LogP contribution is -2.19. The molecule has 0 saturated heterocycles. The first kappa shape index (κ1) is 18.0. The van der Waals surface area contributed by atoms with Gasteiger partial charge in [0.05, 0.1) is 12.4 Å². The molecule has 1 N–H and O–H groups in total. The van der Waals surface area contributed by atoms with Crippen molar-refractivity contribution in [3.63, 3.8) is 0 Å². The molecule has 0 aliphatic rings. The highest BCUT2D eigenvalue weighted by molar-refractivity contribution is 9.10. The van der Waals surface area contributed by atoms with Crippen molar-refractivity contribution in [1.29, 1.82) is 0 Å². The van der Waals surface area contributed by atoms with Crippen molar-refractivity contribution in [3.8, 4) is 0 Å². The Morgan fingerprint density at radius 2 is 2.15 bits per heavy atom. The minimum atomic E-state index is -2.90. The fraction of sp³-hybridized carbons (Fsp3) is 0.538. The summed E-state index contributed by atoms with van der Waals surface area (Å²) >= 11 is 5.04. The molecule has 0 unspecified atom stereocenters. The van der Waals surface area contributed by atoms with E-state index in [2.05, 4.69) is 27.3 Å². The average Bonchev–Trinajstić information content (AvgIpc) is 2.35. The standard InChI is InChI=1S/C13H20BrNO3S2/c1-18-6-5-15-10-11-9-12(14)3-4-13(11)19-7-8-20(2,16)17/h3-4,9,15H,5-8,10H2,1-2H3. The summed E-state index contributed by atoms with van der Waals surface area (Å²) in [7, 11) is -1.23. The summed E-state index contributed by atoms with van der Waals surface area (Å²) in [5.41, 5.74) is 1.16. The molecule has 0 aliphatic heterocycles. The predicted molar refractivity (Wildman–Crippen MR) is 88.2 cm³/mol. The SMILES string of the molecule is COCCNCc1cc(Br)ccc1SCCS(C)(=O)=O. The number of thioether (sulfide) groups is 1. The first-order valence-corrected chi connectivity index (χ1v) is 10.0. The second-order valence-corrected chi connectivity index (χ2v) is 8.71. The number of methoxy groups -OCH3 is 1. The molecule has 1 aromatic carbocycles. The van der Waals surface area contributed by atoms with Crippen LogP contribution in [0.15, 0.2) is 27.6 Å². The van der Waals surface area contributed by atoms with Crippen LogP contribution in [0.2, 0.25) is 0 Å². The molecule has 20 heavy (non-hydrogen) atoms. The lowest BCUT2D eigenvalue weighted by atomic mass is 10.2. The van der Waals surface area contributed by atoms with Crippen LogP contribution in [0.5, 0.6) is 0 Å². The molecule has 1 aromatic rings. The fourth-order valence-electron chi connectivity index (χ4n) is 1.53. The highest BCUT2D eigenvalue weighted by Gasteiger charge is 2.07. The predicted octanol–water partition coefficient (Wildman–Crippen LogP) is 2.32. The minimum absolute atomic E-state index is 0.199. The number of halogens is 1. The normalized spacial score (nSPS) is 11.8. The van der Waals surface area contributed by atoms with Crippen LogP contribution in [0.25, 0.3) is 0 Å². The molecule has 0 fully saturated rings. The maximum atomic E-state index is 11.2. The van der Waals surface area contributed by atoms with E-state index in [1.54, 1.807) is 18.9 Å². The van der Waals surface area contributed by atoms with E-state index >= 15 is 0 Å². The highest BCUT2D eigenvalue weighted by atomic mass is 79.9. The molecule has 0 radical (unpaired) electrons. The first-order chi connectivity index (χ1) is 9.42.